The summed E-state index contributed by atoms with van der Waals surface area (Å²) in [6, 6.07) is 3.84. The summed E-state index contributed by atoms with van der Waals surface area (Å²) in [6.45, 7) is 0.231. The van der Waals surface area contributed by atoms with E-state index in [-0.39, 0.29) is 12.2 Å². The van der Waals surface area contributed by atoms with E-state index in [1.54, 1.807) is 11.8 Å². The highest BCUT2D eigenvalue weighted by Gasteiger charge is 2.27. The molecule has 0 saturated carbocycles. The molecule has 106 valence electrons. The number of nitro benzene ring substituents is 1. The third-order valence-corrected chi connectivity index (χ3v) is 4.51. The van der Waals surface area contributed by atoms with Gasteiger partial charge in [0.15, 0.2) is 4.90 Å². The first-order chi connectivity index (χ1) is 8.90. The third kappa shape index (κ3) is 4.08. The highest BCUT2D eigenvalue weighted by atomic mass is 32.2. The molecule has 1 rings (SSSR count). The average Bonchev–Trinajstić information content (AvgIpc) is 2.34. The molecule has 1 aromatic rings. The predicted molar refractivity (Wildman–Crippen MR) is 75.7 cm³/mol. The van der Waals surface area contributed by atoms with Crippen molar-refractivity contribution in [1.29, 1.82) is 0 Å². The molecule has 9 heteroatoms. The number of nitro groups is 1. The maximum atomic E-state index is 12.0. The molecule has 1 aromatic carbocycles. The van der Waals surface area contributed by atoms with Crippen LogP contribution in [0.5, 0.6) is 0 Å². The van der Waals surface area contributed by atoms with E-state index in [2.05, 4.69) is 4.72 Å². The van der Waals surface area contributed by atoms with Crippen molar-refractivity contribution in [3.63, 3.8) is 0 Å². The van der Waals surface area contributed by atoms with Gasteiger partial charge in [0.05, 0.1) is 4.92 Å². The second-order valence-electron chi connectivity index (χ2n) is 3.70. The van der Waals surface area contributed by atoms with E-state index in [9.17, 15) is 18.5 Å². The number of nitrogens with one attached hydrogen (secondary N) is 1. The first-order valence-corrected chi connectivity index (χ1v) is 8.29. The summed E-state index contributed by atoms with van der Waals surface area (Å²) in [7, 11) is -3.92. The Morgan fingerprint density at radius 3 is 2.74 bits per heavy atom. The summed E-state index contributed by atoms with van der Waals surface area (Å²) in [6.07, 6.45) is 2.56. The summed E-state index contributed by atoms with van der Waals surface area (Å²) >= 11 is 1.60. The lowest BCUT2D eigenvalue weighted by Gasteiger charge is -2.08. The number of anilines is 1. The Balaban J connectivity index is 3.01. The van der Waals surface area contributed by atoms with E-state index >= 15 is 0 Å². The molecule has 7 nitrogen and oxygen atoms in total. The number of thioether (sulfide) groups is 1. The van der Waals surface area contributed by atoms with Crippen LogP contribution in [0.1, 0.15) is 6.42 Å². The summed E-state index contributed by atoms with van der Waals surface area (Å²) in [5, 5.41) is 10.9. The summed E-state index contributed by atoms with van der Waals surface area (Å²) in [4.78, 5) is 9.71. The van der Waals surface area contributed by atoms with E-state index in [1.165, 1.54) is 18.2 Å². The normalized spacial score (nSPS) is 11.4. The lowest BCUT2D eigenvalue weighted by atomic mass is 10.3. The molecule has 0 heterocycles. The first kappa shape index (κ1) is 15.7. The second-order valence-corrected chi connectivity index (χ2v) is 6.42. The number of nitrogen functional groups attached to an aromatic ring is 1. The number of sulfonamides is 1. The van der Waals surface area contributed by atoms with Gasteiger partial charge in [0.2, 0.25) is 10.0 Å². The Kier molecular flexibility index (Phi) is 5.58. The molecular formula is C10H15N3O4S2. The van der Waals surface area contributed by atoms with Gasteiger partial charge in [0.25, 0.3) is 0 Å². The number of benzene rings is 1. The summed E-state index contributed by atoms with van der Waals surface area (Å²) in [5.41, 5.74) is 4.71. The number of para-hydroxylation sites is 1. The smallest absolute Gasteiger partial charge is 0.312 e. The van der Waals surface area contributed by atoms with Crippen molar-refractivity contribution in [3.05, 3.63) is 28.3 Å². The van der Waals surface area contributed by atoms with Crippen LogP contribution in [-0.2, 0) is 10.0 Å². The van der Waals surface area contributed by atoms with Gasteiger partial charge in [0.1, 0.15) is 5.69 Å². The minimum atomic E-state index is -3.92. The zero-order chi connectivity index (χ0) is 14.5. The fourth-order valence-corrected chi connectivity index (χ4v) is 3.16. The zero-order valence-corrected chi connectivity index (χ0v) is 12.0. The molecule has 0 fully saturated rings. The van der Waals surface area contributed by atoms with Crippen molar-refractivity contribution in [1.82, 2.24) is 4.72 Å². The molecule has 0 aliphatic rings. The highest BCUT2D eigenvalue weighted by Crippen LogP contribution is 2.29. The molecule has 19 heavy (non-hydrogen) atoms. The lowest BCUT2D eigenvalue weighted by molar-refractivity contribution is -0.386. The zero-order valence-electron chi connectivity index (χ0n) is 10.3. The molecule has 0 spiro atoms. The average molecular weight is 305 g/mol. The van der Waals surface area contributed by atoms with E-state index in [4.69, 9.17) is 5.73 Å². The number of hydrogen-bond donors (Lipinski definition) is 2. The summed E-state index contributed by atoms with van der Waals surface area (Å²) in [5.74, 6) is 0.807. The molecule has 0 unspecified atom stereocenters. The van der Waals surface area contributed by atoms with Crippen molar-refractivity contribution in [2.75, 3.05) is 24.3 Å². The molecule has 0 radical (unpaired) electrons. The Hall–Kier alpha value is -1.32. The molecule has 0 atom stereocenters. The maximum absolute atomic E-state index is 12.0. The molecule has 0 aromatic heterocycles. The van der Waals surface area contributed by atoms with Gasteiger partial charge in [-0.3, -0.25) is 10.1 Å². The fourth-order valence-electron chi connectivity index (χ4n) is 1.45. The minimum absolute atomic E-state index is 0.169. The Bertz CT molecular complexity index is 560. The van der Waals surface area contributed by atoms with Crippen molar-refractivity contribution in [2.45, 2.75) is 11.3 Å². The standard InChI is InChI=1S/C10H15N3O4S2/c1-18-7-3-6-12-19(16,17)9-5-2-4-8(11)10(9)13(14)15/h2,4-5,12H,3,6-7,11H2,1H3. The number of nitrogens with two attached hydrogens (primary N) is 1. The van der Waals surface area contributed by atoms with E-state index in [0.717, 1.165) is 5.75 Å². The maximum Gasteiger partial charge on any atom is 0.312 e. The van der Waals surface area contributed by atoms with Crippen LogP contribution in [0.3, 0.4) is 0 Å². The lowest BCUT2D eigenvalue weighted by Crippen LogP contribution is -2.26. The largest absolute Gasteiger partial charge is 0.393 e. The quantitative estimate of drug-likeness (QED) is 0.338. The fraction of sp³-hybridized carbons (Fsp3) is 0.400. The second kappa shape index (κ2) is 6.73. The van der Waals surface area contributed by atoms with Crippen LogP contribution in [0, 0.1) is 10.1 Å². The van der Waals surface area contributed by atoms with E-state index < -0.39 is 25.5 Å². The first-order valence-electron chi connectivity index (χ1n) is 5.41. The minimum Gasteiger partial charge on any atom is -0.393 e. The van der Waals surface area contributed by atoms with Crippen LogP contribution in [0.25, 0.3) is 0 Å². The van der Waals surface area contributed by atoms with Crippen LogP contribution in [0.15, 0.2) is 23.1 Å². The van der Waals surface area contributed by atoms with E-state index in [1.807, 2.05) is 6.26 Å². The topological polar surface area (TPSA) is 115 Å². The van der Waals surface area contributed by atoms with Crippen molar-refractivity contribution in [3.8, 4) is 0 Å². The van der Waals surface area contributed by atoms with Gasteiger partial charge in [-0.25, -0.2) is 13.1 Å². The number of nitrogens with zero attached hydrogens (tertiary/aromatic N) is 1. The highest BCUT2D eigenvalue weighted by molar-refractivity contribution is 7.98. The van der Waals surface area contributed by atoms with Gasteiger partial charge in [0, 0.05) is 6.54 Å². The molecule has 0 amide bonds. The van der Waals surface area contributed by atoms with Crippen LogP contribution >= 0.6 is 11.8 Å². The monoisotopic (exact) mass is 305 g/mol. The van der Waals surface area contributed by atoms with Crippen molar-refractivity contribution >= 4 is 33.2 Å². The number of rotatable bonds is 7. The van der Waals surface area contributed by atoms with Crippen molar-refractivity contribution in [2.24, 2.45) is 0 Å². The Morgan fingerprint density at radius 1 is 1.47 bits per heavy atom. The molecule has 0 saturated heterocycles. The van der Waals surface area contributed by atoms with Gasteiger partial charge in [-0.2, -0.15) is 11.8 Å². The molecular weight excluding hydrogens is 290 g/mol. The van der Waals surface area contributed by atoms with E-state index in [0.29, 0.717) is 6.42 Å². The molecule has 0 aliphatic carbocycles. The van der Waals surface area contributed by atoms with Gasteiger partial charge >= 0.3 is 5.69 Å². The van der Waals surface area contributed by atoms with Crippen LogP contribution in [-0.4, -0.2) is 31.9 Å². The molecule has 3 N–H and O–H groups in total. The van der Waals surface area contributed by atoms with Gasteiger partial charge in [-0.1, -0.05) is 6.07 Å². The van der Waals surface area contributed by atoms with Crippen LogP contribution in [0.4, 0.5) is 11.4 Å². The summed E-state index contributed by atoms with van der Waals surface area (Å²) < 4.78 is 26.3. The SMILES string of the molecule is CSCCCNS(=O)(=O)c1cccc(N)c1[N+](=O)[O-]. The van der Waals surface area contributed by atoms with Gasteiger partial charge < -0.3 is 5.73 Å². The van der Waals surface area contributed by atoms with Crippen LogP contribution < -0.4 is 10.5 Å². The van der Waals surface area contributed by atoms with Crippen molar-refractivity contribution < 1.29 is 13.3 Å². The Morgan fingerprint density at radius 2 is 2.16 bits per heavy atom. The molecule has 0 bridgehead atoms. The van der Waals surface area contributed by atoms with Gasteiger partial charge in [-0.15, -0.1) is 0 Å². The third-order valence-electron chi connectivity index (χ3n) is 2.32. The number of hydrogen-bond acceptors (Lipinski definition) is 6. The van der Waals surface area contributed by atoms with Crippen LogP contribution in [0.2, 0.25) is 0 Å². The Labute approximate surface area is 115 Å². The van der Waals surface area contributed by atoms with Gasteiger partial charge in [-0.05, 0) is 30.6 Å². The predicted octanol–water partition coefficient (Wildman–Crippen LogP) is 1.21. The molecule has 0 aliphatic heterocycles.